The highest BCUT2D eigenvalue weighted by Crippen LogP contribution is 2.35. The molecular weight excluding hydrogens is 309 g/mol. The normalized spacial score (nSPS) is 22.4. The number of aryl methyl sites for hydroxylation is 1. The van der Waals surface area contributed by atoms with Crippen LogP contribution in [0, 0.1) is 5.82 Å². The quantitative estimate of drug-likeness (QED) is 0.739. The van der Waals surface area contributed by atoms with Crippen LogP contribution in [0.2, 0.25) is 0 Å². The smallest absolute Gasteiger partial charge is 0.256 e. The van der Waals surface area contributed by atoms with E-state index in [4.69, 9.17) is 11.5 Å². The van der Waals surface area contributed by atoms with Crippen LogP contribution in [0.5, 0.6) is 0 Å². The number of nitrogens with one attached hydrogen (secondary N) is 1. The summed E-state index contributed by atoms with van der Waals surface area (Å²) in [6.07, 6.45) is 2.81. The van der Waals surface area contributed by atoms with Crippen LogP contribution in [0.15, 0.2) is 18.2 Å². The summed E-state index contributed by atoms with van der Waals surface area (Å²) < 4.78 is 14.9. The number of anilines is 2. The van der Waals surface area contributed by atoms with Crippen LogP contribution in [-0.4, -0.2) is 28.3 Å². The Morgan fingerprint density at radius 3 is 3.04 bits per heavy atom. The number of fused-ring (bicyclic) bond motifs is 2. The zero-order valence-corrected chi connectivity index (χ0v) is 13.3. The van der Waals surface area contributed by atoms with Gasteiger partial charge in [-0.3, -0.25) is 4.79 Å². The molecule has 2 heterocycles. The van der Waals surface area contributed by atoms with Gasteiger partial charge in [-0.05, 0) is 49.4 Å². The van der Waals surface area contributed by atoms with Gasteiger partial charge in [-0.2, -0.15) is 9.78 Å². The molecule has 1 aliphatic carbocycles. The van der Waals surface area contributed by atoms with E-state index in [1.165, 1.54) is 16.8 Å². The predicted octanol–water partition coefficient (Wildman–Crippen LogP) is 1.66. The maximum absolute atomic E-state index is 13.6. The van der Waals surface area contributed by atoms with Crippen LogP contribution in [0.4, 0.5) is 15.9 Å². The molecule has 1 aromatic heterocycles. The number of nitrogens with zero attached hydrogens (tertiary/aromatic N) is 2. The first-order chi connectivity index (χ1) is 11.5. The molecule has 2 aliphatic rings. The molecule has 4 rings (SSSR count). The van der Waals surface area contributed by atoms with Crippen molar-refractivity contribution in [3.63, 3.8) is 0 Å². The van der Waals surface area contributed by atoms with Gasteiger partial charge in [0, 0.05) is 23.8 Å². The van der Waals surface area contributed by atoms with Crippen molar-refractivity contribution in [1.82, 2.24) is 9.78 Å². The van der Waals surface area contributed by atoms with Crippen molar-refractivity contribution < 1.29 is 9.18 Å². The fraction of sp³-hybridized carbons (Fsp3) is 0.412. The fourth-order valence-corrected chi connectivity index (χ4v) is 3.68. The van der Waals surface area contributed by atoms with Gasteiger partial charge in [-0.15, -0.1) is 0 Å². The van der Waals surface area contributed by atoms with Crippen LogP contribution in [0.25, 0.3) is 0 Å². The zero-order chi connectivity index (χ0) is 16.8. The molecular formula is C17H20FN5O. The van der Waals surface area contributed by atoms with E-state index in [9.17, 15) is 9.18 Å². The zero-order valence-electron chi connectivity index (χ0n) is 13.3. The minimum Gasteiger partial charge on any atom is -0.385 e. The van der Waals surface area contributed by atoms with E-state index in [-0.39, 0.29) is 17.8 Å². The number of aromatic nitrogens is 2. The van der Waals surface area contributed by atoms with Crippen LogP contribution in [0.1, 0.15) is 40.4 Å². The van der Waals surface area contributed by atoms with Crippen LogP contribution in [0.3, 0.4) is 0 Å². The maximum atomic E-state index is 13.6. The molecule has 2 atom stereocenters. The molecule has 24 heavy (non-hydrogen) atoms. The molecule has 0 bridgehead atoms. The predicted molar refractivity (Wildman–Crippen MR) is 89.5 cm³/mol. The number of carbonyl (C=O) groups excluding carboxylic acids is 1. The average molecular weight is 329 g/mol. The summed E-state index contributed by atoms with van der Waals surface area (Å²) in [4.78, 5) is 13.0. The first-order valence-electron chi connectivity index (χ1n) is 8.24. The van der Waals surface area contributed by atoms with E-state index in [2.05, 4.69) is 10.4 Å². The van der Waals surface area contributed by atoms with Gasteiger partial charge in [0.05, 0.1) is 11.6 Å². The SMILES string of the molecule is Nc1c2c(nn1C(=O)[C@@H]1CCNc3ccc(F)cc31)CC[C@@H](N)C2. The third-order valence-electron chi connectivity index (χ3n) is 4.97. The lowest BCUT2D eigenvalue weighted by Crippen LogP contribution is -2.28. The monoisotopic (exact) mass is 329 g/mol. The number of carbonyl (C=O) groups is 1. The molecule has 5 N–H and O–H groups in total. The summed E-state index contributed by atoms with van der Waals surface area (Å²) >= 11 is 0. The lowest BCUT2D eigenvalue weighted by atomic mass is 9.90. The van der Waals surface area contributed by atoms with Gasteiger partial charge in [0.15, 0.2) is 0 Å². The first kappa shape index (κ1) is 15.1. The Morgan fingerprint density at radius 2 is 2.21 bits per heavy atom. The topological polar surface area (TPSA) is 99.0 Å². The second kappa shape index (κ2) is 5.59. The van der Waals surface area contributed by atoms with Crippen molar-refractivity contribution in [1.29, 1.82) is 0 Å². The maximum Gasteiger partial charge on any atom is 0.256 e. The lowest BCUT2D eigenvalue weighted by molar-refractivity contribution is 0.0859. The third-order valence-corrected chi connectivity index (χ3v) is 4.97. The molecule has 0 spiro atoms. The molecule has 6 nitrogen and oxygen atoms in total. The average Bonchev–Trinajstić information content (AvgIpc) is 2.90. The van der Waals surface area contributed by atoms with E-state index in [1.54, 1.807) is 6.07 Å². The molecule has 0 fully saturated rings. The Balaban J connectivity index is 1.72. The standard InChI is InChI=1S/C17H20FN5O/c18-9-1-3-14-12(7-9)11(5-6-21-14)17(24)23-16(20)13-8-10(19)2-4-15(13)22-23/h1,3,7,10-11,21H,2,4-6,8,19-20H2/t10-,11-/m1/s1. The largest absolute Gasteiger partial charge is 0.385 e. The summed E-state index contributed by atoms with van der Waals surface area (Å²) in [7, 11) is 0. The Bertz CT molecular complexity index is 816. The van der Waals surface area contributed by atoms with Gasteiger partial charge in [0.1, 0.15) is 11.6 Å². The van der Waals surface area contributed by atoms with E-state index < -0.39 is 5.92 Å². The fourth-order valence-electron chi connectivity index (χ4n) is 3.68. The van der Waals surface area contributed by atoms with Gasteiger partial charge < -0.3 is 16.8 Å². The molecule has 7 heteroatoms. The van der Waals surface area contributed by atoms with E-state index >= 15 is 0 Å². The number of nitrogens with two attached hydrogens (primary N) is 2. The minimum atomic E-state index is -0.450. The molecule has 1 aliphatic heterocycles. The Labute approximate surface area is 139 Å². The summed E-state index contributed by atoms with van der Waals surface area (Å²) in [6, 6.07) is 4.53. The second-order valence-corrected chi connectivity index (χ2v) is 6.56. The number of rotatable bonds is 1. The minimum absolute atomic E-state index is 0.0567. The summed E-state index contributed by atoms with van der Waals surface area (Å²) in [5.74, 6) is -0.631. The van der Waals surface area contributed by atoms with Gasteiger partial charge in [-0.25, -0.2) is 4.39 Å². The van der Waals surface area contributed by atoms with E-state index in [1.807, 2.05) is 0 Å². The van der Waals surface area contributed by atoms with Crippen molar-refractivity contribution in [2.75, 3.05) is 17.6 Å². The van der Waals surface area contributed by atoms with Crippen molar-refractivity contribution in [2.24, 2.45) is 5.73 Å². The number of hydrogen-bond acceptors (Lipinski definition) is 5. The molecule has 1 aromatic carbocycles. The molecule has 2 aromatic rings. The molecule has 0 amide bonds. The number of benzene rings is 1. The summed E-state index contributed by atoms with van der Waals surface area (Å²) in [5, 5.41) is 7.63. The first-order valence-corrected chi connectivity index (χ1v) is 8.24. The van der Waals surface area contributed by atoms with Crippen LogP contribution in [-0.2, 0) is 12.8 Å². The number of halogens is 1. The molecule has 0 saturated heterocycles. The summed E-state index contributed by atoms with van der Waals surface area (Å²) in [5.41, 5.74) is 15.4. The molecule has 0 unspecified atom stereocenters. The van der Waals surface area contributed by atoms with Crippen LogP contribution >= 0.6 is 0 Å². The molecule has 0 radical (unpaired) electrons. The summed E-state index contributed by atoms with van der Waals surface area (Å²) in [6.45, 7) is 0.654. The van der Waals surface area contributed by atoms with E-state index in [0.29, 0.717) is 30.8 Å². The Morgan fingerprint density at radius 1 is 1.38 bits per heavy atom. The van der Waals surface area contributed by atoms with Gasteiger partial charge >= 0.3 is 0 Å². The number of hydrogen-bond donors (Lipinski definition) is 3. The Hall–Kier alpha value is -2.41. The van der Waals surface area contributed by atoms with E-state index in [0.717, 1.165) is 29.8 Å². The molecule has 0 saturated carbocycles. The van der Waals surface area contributed by atoms with Crippen LogP contribution < -0.4 is 16.8 Å². The van der Waals surface area contributed by atoms with Gasteiger partial charge in [0.2, 0.25) is 0 Å². The van der Waals surface area contributed by atoms with Crippen molar-refractivity contribution >= 4 is 17.4 Å². The highest BCUT2D eigenvalue weighted by atomic mass is 19.1. The van der Waals surface area contributed by atoms with Crippen molar-refractivity contribution in [3.8, 4) is 0 Å². The second-order valence-electron chi connectivity index (χ2n) is 6.56. The Kier molecular flexibility index (Phi) is 3.53. The lowest BCUT2D eigenvalue weighted by Gasteiger charge is -2.25. The number of nitrogen functional groups attached to an aromatic ring is 1. The highest BCUT2D eigenvalue weighted by molar-refractivity contribution is 5.90. The van der Waals surface area contributed by atoms with Gasteiger partial charge in [0.25, 0.3) is 5.91 Å². The highest BCUT2D eigenvalue weighted by Gasteiger charge is 2.32. The van der Waals surface area contributed by atoms with Crippen molar-refractivity contribution in [2.45, 2.75) is 37.6 Å². The third kappa shape index (κ3) is 2.36. The molecule has 126 valence electrons. The van der Waals surface area contributed by atoms with Gasteiger partial charge in [-0.1, -0.05) is 0 Å². The van der Waals surface area contributed by atoms with Crippen molar-refractivity contribution in [3.05, 3.63) is 40.8 Å².